The molecule has 1 aliphatic rings. The summed E-state index contributed by atoms with van der Waals surface area (Å²) >= 11 is 0. The zero-order chi connectivity index (χ0) is 5.28. The summed E-state index contributed by atoms with van der Waals surface area (Å²) < 4.78 is 0. The standard InChI is InChI=1S/C7H9.ClH.Zr/c1-6-4-3-5-7(6)2;;/h3-5H,1-2H3;1H;. The van der Waals surface area contributed by atoms with E-state index < -0.39 is 0 Å². The van der Waals surface area contributed by atoms with E-state index in [4.69, 9.17) is 0 Å². The van der Waals surface area contributed by atoms with Crippen LogP contribution in [0.3, 0.4) is 0 Å². The van der Waals surface area contributed by atoms with Crippen LogP contribution in [-0.4, -0.2) is 0 Å². The largest absolute Gasteiger partial charge is 0.147 e. The van der Waals surface area contributed by atoms with Crippen molar-refractivity contribution in [3.63, 3.8) is 0 Å². The Morgan fingerprint density at radius 1 is 1.00 bits per heavy atom. The average molecular weight is 221 g/mol. The van der Waals surface area contributed by atoms with Gasteiger partial charge >= 0.3 is 0 Å². The summed E-state index contributed by atoms with van der Waals surface area (Å²) in [6, 6.07) is 0. The number of allylic oxidation sites excluding steroid dienone is 4. The van der Waals surface area contributed by atoms with Crippen LogP contribution in [0.1, 0.15) is 13.8 Å². The molecule has 1 rings (SSSR count). The first-order valence-electron chi connectivity index (χ1n) is 2.49. The van der Waals surface area contributed by atoms with Crippen molar-refractivity contribution < 1.29 is 26.2 Å². The summed E-state index contributed by atoms with van der Waals surface area (Å²) in [6.07, 6.45) is 6.31. The van der Waals surface area contributed by atoms with Gasteiger partial charge in [0.25, 0.3) is 0 Å². The Morgan fingerprint density at radius 2 is 1.33 bits per heavy atom. The molecule has 0 unspecified atom stereocenters. The second-order valence-electron chi connectivity index (χ2n) is 1.89. The predicted molar refractivity (Wildman–Crippen MR) is 39.1 cm³/mol. The summed E-state index contributed by atoms with van der Waals surface area (Å²) in [4.78, 5) is 0. The van der Waals surface area contributed by atoms with Gasteiger partial charge in [0.2, 0.25) is 0 Å². The molecule has 1 radical (unpaired) electrons. The van der Waals surface area contributed by atoms with Crippen LogP contribution in [0.5, 0.6) is 0 Å². The first kappa shape index (κ1) is 12.3. The summed E-state index contributed by atoms with van der Waals surface area (Å²) in [6.45, 7) is 4.24. The van der Waals surface area contributed by atoms with Crippen LogP contribution in [0.4, 0.5) is 0 Å². The second kappa shape index (κ2) is 5.44. The van der Waals surface area contributed by atoms with Gasteiger partial charge in [-0.2, -0.15) is 0 Å². The maximum Gasteiger partial charge on any atom is 0.00562 e. The summed E-state index contributed by atoms with van der Waals surface area (Å²) in [7, 11) is 0. The predicted octanol–water partition coefficient (Wildman–Crippen LogP) is 2.52. The van der Waals surface area contributed by atoms with Gasteiger partial charge in [0.05, 0.1) is 0 Å². The van der Waals surface area contributed by atoms with E-state index in [-0.39, 0.29) is 38.6 Å². The van der Waals surface area contributed by atoms with Gasteiger partial charge in [0, 0.05) is 32.6 Å². The van der Waals surface area contributed by atoms with Crippen molar-refractivity contribution in [2.24, 2.45) is 0 Å². The molecule has 0 aliphatic heterocycles. The molecule has 2 heteroatoms. The van der Waals surface area contributed by atoms with Crippen molar-refractivity contribution in [3.8, 4) is 0 Å². The minimum Gasteiger partial charge on any atom is -0.147 e. The number of hydrogen-bond acceptors (Lipinski definition) is 0. The maximum absolute atomic E-state index is 2.12. The van der Waals surface area contributed by atoms with Crippen LogP contribution < -0.4 is 0 Å². The SMILES string of the molecule is CC1=C[CH]C=C1C.Cl.[Zr]. The van der Waals surface area contributed by atoms with Gasteiger partial charge in [-0.3, -0.25) is 0 Å². The Hall–Kier alpha value is 0.653. The molecule has 0 spiro atoms. The maximum atomic E-state index is 2.12. The molecule has 0 aromatic heterocycles. The van der Waals surface area contributed by atoms with Gasteiger partial charge in [-0.15, -0.1) is 12.4 Å². The van der Waals surface area contributed by atoms with Gasteiger partial charge in [-0.1, -0.05) is 23.3 Å². The summed E-state index contributed by atoms with van der Waals surface area (Å²) in [5, 5.41) is 0. The molecule has 0 nitrogen and oxygen atoms in total. The fourth-order valence-corrected chi connectivity index (χ4v) is 0.600. The van der Waals surface area contributed by atoms with Crippen LogP contribution in [0.15, 0.2) is 23.3 Å². The van der Waals surface area contributed by atoms with Crippen molar-refractivity contribution in [2.45, 2.75) is 13.8 Å². The molecule has 0 fully saturated rings. The van der Waals surface area contributed by atoms with E-state index in [1.54, 1.807) is 0 Å². The van der Waals surface area contributed by atoms with Crippen molar-refractivity contribution >= 4 is 12.4 Å². The molecule has 0 aromatic carbocycles. The topological polar surface area (TPSA) is 0 Å². The third kappa shape index (κ3) is 3.37. The fourth-order valence-electron chi connectivity index (χ4n) is 0.600. The molecule has 0 aromatic rings. The molecule has 0 amide bonds. The first-order chi connectivity index (χ1) is 3.30. The van der Waals surface area contributed by atoms with Gasteiger partial charge in [-0.25, -0.2) is 0 Å². The van der Waals surface area contributed by atoms with E-state index in [0.29, 0.717) is 0 Å². The second-order valence-corrected chi connectivity index (χ2v) is 1.89. The smallest absolute Gasteiger partial charge is 0.00562 e. The Morgan fingerprint density at radius 3 is 1.44 bits per heavy atom. The molecular weight excluding hydrogens is 211 g/mol. The monoisotopic (exact) mass is 219 g/mol. The van der Waals surface area contributed by atoms with Crippen LogP contribution in [0, 0.1) is 6.42 Å². The first-order valence-corrected chi connectivity index (χ1v) is 2.49. The molecule has 0 saturated carbocycles. The minimum absolute atomic E-state index is 0. The van der Waals surface area contributed by atoms with Gasteiger partial charge in [0.15, 0.2) is 0 Å². The molecule has 1 aliphatic carbocycles. The molecule has 49 valence electrons. The van der Waals surface area contributed by atoms with Crippen molar-refractivity contribution in [1.29, 1.82) is 0 Å². The number of halogens is 1. The van der Waals surface area contributed by atoms with Crippen molar-refractivity contribution in [2.75, 3.05) is 0 Å². The fraction of sp³-hybridized carbons (Fsp3) is 0.286. The van der Waals surface area contributed by atoms with Crippen LogP contribution in [0.25, 0.3) is 0 Å². The van der Waals surface area contributed by atoms with E-state index in [1.807, 2.05) is 0 Å². The van der Waals surface area contributed by atoms with Gasteiger partial charge in [-0.05, 0) is 13.8 Å². The number of hydrogen-bond donors (Lipinski definition) is 0. The summed E-state index contributed by atoms with van der Waals surface area (Å²) in [5.41, 5.74) is 2.78. The minimum atomic E-state index is 0. The van der Waals surface area contributed by atoms with E-state index in [0.717, 1.165) is 0 Å². The van der Waals surface area contributed by atoms with Gasteiger partial charge in [0.1, 0.15) is 0 Å². The van der Waals surface area contributed by atoms with E-state index in [9.17, 15) is 0 Å². The Balaban J connectivity index is 0. The van der Waals surface area contributed by atoms with Crippen LogP contribution in [0.2, 0.25) is 0 Å². The Labute approximate surface area is 81.9 Å². The van der Waals surface area contributed by atoms with Crippen LogP contribution in [-0.2, 0) is 26.2 Å². The van der Waals surface area contributed by atoms with E-state index in [2.05, 4.69) is 32.4 Å². The third-order valence-corrected chi connectivity index (χ3v) is 1.31. The zero-order valence-electron chi connectivity index (χ0n) is 5.64. The summed E-state index contributed by atoms with van der Waals surface area (Å²) in [5.74, 6) is 0. The molecular formula is C7H10ClZr. The molecule has 0 saturated heterocycles. The van der Waals surface area contributed by atoms with Crippen molar-refractivity contribution in [1.82, 2.24) is 0 Å². The Bertz CT molecular complexity index is 120. The van der Waals surface area contributed by atoms with Gasteiger partial charge < -0.3 is 0 Å². The zero-order valence-corrected chi connectivity index (χ0v) is 8.91. The van der Waals surface area contributed by atoms with E-state index in [1.165, 1.54) is 11.1 Å². The van der Waals surface area contributed by atoms with E-state index >= 15 is 0 Å². The molecule has 0 atom stereocenters. The van der Waals surface area contributed by atoms with Crippen LogP contribution >= 0.6 is 12.4 Å². The van der Waals surface area contributed by atoms with Crippen molar-refractivity contribution in [3.05, 3.63) is 29.7 Å². The molecule has 9 heavy (non-hydrogen) atoms. The molecule has 0 bridgehead atoms. The normalized spacial score (nSPS) is 14.9. The average Bonchev–Trinajstić information content (AvgIpc) is 1.91. The third-order valence-electron chi connectivity index (χ3n) is 1.31. The number of rotatable bonds is 0. The Kier molecular flexibility index (Phi) is 7.46. The quantitative estimate of drug-likeness (QED) is 0.589. The molecule has 0 N–H and O–H groups in total. The molecule has 0 heterocycles.